The van der Waals surface area contributed by atoms with E-state index in [1.54, 1.807) is 23.0 Å². The molecule has 5 nitrogen and oxygen atoms in total. The van der Waals surface area contributed by atoms with Crippen molar-refractivity contribution in [2.45, 2.75) is 16.2 Å². The molecular formula is C19H14ClF3N4OS. The molecule has 0 bridgehead atoms. The standard InChI is InChI=1S/C19H14ClF3N4OS/c1-27-11-24-26-18(27)29-14-6-4-13(5-7-14)25-17(28)9-3-12-2-8-16(20)15(10-12)19(21,22)23/h2-11H,1H3,(H,25,28)/b9-3+. The van der Waals surface area contributed by atoms with Gasteiger partial charge < -0.3 is 9.88 Å². The number of hydrogen-bond donors (Lipinski definition) is 1. The van der Waals surface area contributed by atoms with Gasteiger partial charge in [-0.05, 0) is 59.8 Å². The Morgan fingerprint density at radius 3 is 2.55 bits per heavy atom. The zero-order chi connectivity index (χ0) is 21.0. The van der Waals surface area contributed by atoms with E-state index in [-0.39, 0.29) is 5.56 Å². The number of aryl methyl sites for hydroxylation is 1. The Hall–Kier alpha value is -2.78. The summed E-state index contributed by atoms with van der Waals surface area (Å²) < 4.78 is 40.5. The molecule has 0 saturated heterocycles. The van der Waals surface area contributed by atoms with Crippen molar-refractivity contribution in [2.75, 3.05) is 5.32 Å². The van der Waals surface area contributed by atoms with E-state index in [0.717, 1.165) is 28.3 Å². The minimum Gasteiger partial charge on any atom is -0.323 e. The maximum Gasteiger partial charge on any atom is 0.417 e. The van der Waals surface area contributed by atoms with Crippen LogP contribution in [0.15, 0.2) is 64.9 Å². The molecule has 10 heteroatoms. The van der Waals surface area contributed by atoms with Crippen LogP contribution >= 0.6 is 23.4 Å². The van der Waals surface area contributed by atoms with Gasteiger partial charge in [0.15, 0.2) is 5.16 Å². The highest BCUT2D eigenvalue weighted by molar-refractivity contribution is 7.99. The first-order chi connectivity index (χ1) is 13.7. The van der Waals surface area contributed by atoms with E-state index in [2.05, 4.69) is 15.5 Å². The Morgan fingerprint density at radius 1 is 1.21 bits per heavy atom. The fraction of sp³-hybridized carbons (Fsp3) is 0.105. The number of carbonyl (C=O) groups is 1. The third kappa shape index (κ3) is 5.61. The van der Waals surface area contributed by atoms with E-state index in [4.69, 9.17) is 11.6 Å². The molecule has 0 fully saturated rings. The third-order valence-electron chi connectivity index (χ3n) is 3.72. The number of hydrogen-bond acceptors (Lipinski definition) is 4. The Kier molecular flexibility index (Phi) is 6.29. The normalized spacial score (nSPS) is 11.8. The number of anilines is 1. The van der Waals surface area contributed by atoms with Crippen LogP contribution in [0.3, 0.4) is 0 Å². The summed E-state index contributed by atoms with van der Waals surface area (Å²) in [5.41, 5.74) is -0.181. The van der Waals surface area contributed by atoms with Crippen molar-refractivity contribution in [2.24, 2.45) is 7.05 Å². The minimum absolute atomic E-state index is 0.215. The van der Waals surface area contributed by atoms with E-state index in [0.29, 0.717) is 5.69 Å². The Balaban J connectivity index is 1.63. The molecule has 0 saturated carbocycles. The third-order valence-corrected chi connectivity index (χ3v) is 5.11. The summed E-state index contributed by atoms with van der Waals surface area (Å²) in [7, 11) is 1.83. The number of aromatic nitrogens is 3. The molecule has 0 aliphatic carbocycles. The molecule has 1 amide bonds. The zero-order valence-corrected chi connectivity index (χ0v) is 16.5. The Morgan fingerprint density at radius 2 is 1.93 bits per heavy atom. The monoisotopic (exact) mass is 438 g/mol. The summed E-state index contributed by atoms with van der Waals surface area (Å²) in [4.78, 5) is 13.0. The molecule has 1 heterocycles. The summed E-state index contributed by atoms with van der Waals surface area (Å²) in [5, 5.41) is 10.8. The molecule has 0 aliphatic heterocycles. The lowest BCUT2D eigenvalue weighted by Crippen LogP contribution is -2.08. The molecular weight excluding hydrogens is 425 g/mol. The maximum atomic E-state index is 12.9. The highest BCUT2D eigenvalue weighted by atomic mass is 35.5. The van der Waals surface area contributed by atoms with Gasteiger partial charge in [-0.3, -0.25) is 4.79 Å². The lowest BCUT2D eigenvalue weighted by atomic mass is 10.1. The second-order valence-electron chi connectivity index (χ2n) is 5.91. The van der Waals surface area contributed by atoms with Crippen molar-refractivity contribution in [3.05, 3.63) is 71.0 Å². The van der Waals surface area contributed by atoms with Crippen molar-refractivity contribution in [1.82, 2.24) is 14.8 Å². The fourth-order valence-corrected chi connectivity index (χ4v) is 3.28. The van der Waals surface area contributed by atoms with Crippen LogP contribution in [-0.4, -0.2) is 20.7 Å². The maximum absolute atomic E-state index is 12.9. The first-order valence-electron chi connectivity index (χ1n) is 8.20. The average molecular weight is 439 g/mol. The van der Waals surface area contributed by atoms with Crippen molar-refractivity contribution in [3.63, 3.8) is 0 Å². The van der Waals surface area contributed by atoms with E-state index >= 15 is 0 Å². The van der Waals surface area contributed by atoms with Gasteiger partial charge in [0, 0.05) is 23.7 Å². The zero-order valence-electron chi connectivity index (χ0n) is 14.9. The van der Waals surface area contributed by atoms with Gasteiger partial charge in [-0.15, -0.1) is 10.2 Å². The quantitative estimate of drug-likeness (QED) is 0.550. The van der Waals surface area contributed by atoms with Crippen molar-refractivity contribution in [3.8, 4) is 0 Å². The van der Waals surface area contributed by atoms with Crippen LogP contribution in [0, 0.1) is 0 Å². The predicted octanol–water partition coefficient (Wildman–Crippen LogP) is 5.29. The number of rotatable bonds is 5. The number of amides is 1. The van der Waals surface area contributed by atoms with Crippen molar-refractivity contribution in [1.29, 1.82) is 0 Å². The molecule has 1 N–H and O–H groups in total. The molecule has 0 radical (unpaired) electrons. The molecule has 150 valence electrons. The lowest BCUT2D eigenvalue weighted by Gasteiger charge is -2.09. The molecule has 0 unspecified atom stereocenters. The van der Waals surface area contributed by atoms with Gasteiger partial charge in [0.2, 0.25) is 5.91 Å². The van der Waals surface area contributed by atoms with Crippen LogP contribution in [0.5, 0.6) is 0 Å². The lowest BCUT2D eigenvalue weighted by molar-refractivity contribution is -0.137. The van der Waals surface area contributed by atoms with E-state index in [1.807, 2.05) is 19.2 Å². The SMILES string of the molecule is Cn1cnnc1Sc1ccc(NC(=O)/C=C/c2ccc(Cl)c(C(F)(F)F)c2)cc1. The van der Waals surface area contributed by atoms with Gasteiger partial charge in [-0.2, -0.15) is 13.2 Å². The number of carbonyl (C=O) groups excluding carboxylic acids is 1. The number of nitrogens with zero attached hydrogens (tertiary/aromatic N) is 3. The average Bonchev–Trinajstić information content (AvgIpc) is 3.06. The first-order valence-corrected chi connectivity index (χ1v) is 9.39. The Labute approximate surface area is 173 Å². The minimum atomic E-state index is -4.56. The number of nitrogens with one attached hydrogen (secondary N) is 1. The van der Waals surface area contributed by atoms with E-state index < -0.39 is 22.7 Å². The number of benzene rings is 2. The highest BCUT2D eigenvalue weighted by Crippen LogP contribution is 2.35. The van der Waals surface area contributed by atoms with Gasteiger partial charge in [-0.25, -0.2) is 0 Å². The van der Waals surface area contributed by atoms with Crippen LogP contribution in [0.4, 0.5) is 18.9 Å². The van der Waals surface area contributed by atoms with Crippen LogP contribution in [0.2, 0.25) is 5.02 Å². The molecule has 3 aromatic rings. The highest BCUT2D eigenvalue weighted by Gasteiger charge is 2.33. The summed E-state index contributed by atoms with van der Waals surface area (Å²) in [6.45, 7) is 0. The topological polar surface area (TPSA) is 59.8 Å². The van der Waals surface area contributed by atoms with Crippen LogP contribution < -0.4 is 5.32 Å². The Bertz CT molecular complexity index is 1050. The molecule has 0 aliphatic rings. The predicted molar refractivity (Wildman–Crippen MR) is 106 cm³/mol. The second-order valence-corrected chi connectivity index (χ2v) is 7.36. The first kappa shape index (κ1) is 20.9. The van der Waals surface area contributed by atoms with Gasteiger partial charge >= 0.3 is 6.18 Å². The fourth-order valence-electron chi connectivity index (χ4n) is 2.30. The number of halogens is 4. The second kappa shape index (κ2) is 8.71. The summed E-state index contributed by atoms with van der Waals surface area (Å²) in [6.07, 6.45) is -0.514. The van der Waals surface area contributed by atoms with Crippen LogP contribution in [0.25, 0.3) is 6.08 Å². The molecule has 2 aromatic carbocycles. The molecule has 29 heavy (non-hydrogen) atoms. The van der Waals surface area contributed by atoms with Crippen molar-refractivity contribution >= 4 is 41.0 Å². The van der Waals surface area contributed by atoms with Crippen molar-refractivity contribution < 1.29 is 18.0 Å². The summed E-state index contributed by atoms with van der Waals surface area (Å²) >= 11 is 7.00. The van der Waals surface area contributed by atoms with Crippen LogP contribution in [-0.2, 0) is 18.0 Å². The largest absolute Gasteiger partial charge is 0.417 e. The smallest absolute Gasteiger partial charge is 0.323 e. The molecule has 3 rings (SSSR count). The van der Waals surface area contributed by atoms with Gasteiger partial charge in [0.1, 0.15) is 6.33 Å². The van der Waals surface area contributed by atoms with E-state index in [9.17, 15) is 18.0 Å². The molecule has 1 aromatic heterocycles. The van der Waals surface area contributed by atoms with Gasteiger partial charge in [0.05, 0.1) is 10.6 Å². The van der Waals surface area contributed by atoms with Gasteiger partial charge in [0.25, 0.3) is 0 Å². The summed E-state index contributed by atoms with van der Waals surface area (Å²) in [6, 6.07) is 10.5. The molecule has 0 atom stereocenters. The van der Waals surface area contributed by atoms with Crippen LogP contribution in [0.1, 0.15) is 11.1 Å². The summed E-state index contributed by atoms with van der Waals surface area (Å²) in [5.74, 6) is -0.470. The molecule has 0 spiro atoms. The van der Waals surface area contributed by atoms with E-state index in [1.165, 1.54) is 23.9 Å². The van der Waals surface area contributed by atoms with Gasteiger partial charge in [-0.1, -0.05) is 17.7 Å². The number of alkyl halides is 3.